The highest BCUT2D eigenvalue weighted by molar-refractivity contribution is 9.10. The summed E-state index contributed by atoms with van der Waals surface area (Å²) in [4.78, 5) is 13.2. The van der Waals surface area contributed by atoms with Crippen LogP contribution < -0.4 is 10.6 Å². The van der Waals surface area contributed by atoms with E-state index in [1.54, 1.807) is 28.9 Å². The number of primary amides is 1. The van der Waals surface area contributed by atoms with Gasteiger partial charge in [0.05, 0.1) is 17.4 Å². The van der Waals surface area contributed by atoms with Crippen molar-refractivity contribution in [1.29, 1.82) is 0 Å². The Morgan fingerprint density at radius 1 is 1.55 bits per heavy atom. The monoisotopic (exact) mass is 340 g/mol. The molecule has 0 aliphatic carbocycles. The van der Waals surface area contributed by atoms with Crippen LogP contribution in [0.15, 0.2) is 29.0 Å². The van der Waals surface area contributed by atoms with Gasteiger partial charge in [0.15, 0.2) is 0 Å². The molecule has 2 aromatic rings. The number of anilines is 1. The molecule has 0 radical (unpaired) electrons. The van der Waals surface area contributed by atoms with Gasteiger partial charge in [-0.3, -0.25) is 9.48 Å². The molecule has 0 spiro atoms. The number of halogens is 2. The van der Waals surface area contributed by atoms with Crippen LogP contribution >= 0.6 is 15.9 Å². The third-order valence-corrected chi connectivity index (χ3v) is 3.33. The summed E-state index contributed by atoms with van der Waals surface area (Å²) < 4.78 is 16.1. The van der Waals surface area contributed by atoms with Crippen molar-refractivity contribution in [3.05, 3.63) is 45.9 Å². The zero-order valence-corrected chi connectivity index (χ0v) is 12.7. The smallest absolute Gasteiger partial charge is 0.253 e. The summed E-state index contributed by atoms with van der Waals surface area (Å²) in [5, 5.41) is 4.07. The largest absolute Gasteiger partial charge is 0.369 e. The molecule has 0 saturated carbocycles. The summed E-state index contributed by atoms with van der Waals surface area (Å²) in [5.74, 6) is -1.43. The summed E-state index contributed by atoms with van der Waals surface area (Å²) >= 11 is 3.22. The fourth-order valence-electron chi connectivity index (χ4n) is 2.02. The SMILES string of the molecule is CN(Cc1cnn(C)c1)c1cc(Br)cc(F)c1C(N)=O. The minimum absolute atomic E-state index is 0.111. The normalized spacial score (nSPS) is 10.6. The molecule has 7 heteroatoms. The highest BCUT2D eigenvalue weighted by Crippen LogP contribution is 2.28. The minimum Gasteiger partial charge on any atom is -0.369 e. The molecule has 0 saturated heterocycles. The van der Waals surface area contributed by atoms with Gasteiger partial charge < -0.3 is 10.6 Å². The summed E-state index contributed by atoms with van der Waals surface area (Å²) in [6.45, 7) is 0.490. The van der Waals surface area contributed by atoms with E-state index >= 15 is 0 Å². The van der Waals surface area contributed by atoms with Gasteiger partial charge in [-0.2, -0.15) is 5.10 Å². The number of benzene rings is 1. The van der Waals surface area contributed by atoms with Crippen molar-refractivity contribution in [2.45, 2.75) is 6.54 Å². The number of rotatable bonds is 4. The molecule has 1 heterocycles. The second-order valence-corrected chi connectivity index (χ2v) is 5.44. The second kappa shape index (κ2) is 5.62. The first-order valence-electron chi connectivity index (χ1n) is 5.86. The van der Waals surface area contributed by atoms with Gasteiger partial charge in [0, 0.05) is 36.9 Å². The summed E-state index contributed by atoms with van der Waals surface area (Å²) in [6, 6.07) is 2.89. The second-order valence-electron chi connectivity index (χ2n) is 4.52. The van der Waals surface area contributed by atoms with Gasteiger partial charge in [0.2, 0.25) is 0 Å². The molecule has 2 N–H and O–H groups in total. The van der Waals surface area contributed by atoms with Gasteiger partial charge >= 0.3 is 0 Å². The molecule has 106 valence electrons. The molecule has 0 fully saturated rings. The van der Waals surface area contributed by atoms with Crippen molar-refractivity contribution in [3.8, 4) is 0 Å². The van der Waals surface area contributed by atoms with Crippen LogP contribution in [0.2, 0.25) is 0 Å². The zero-order chi connectivity index (χ0) is 14.9. The number of nitrogens with zero attached hydrogens (tertiary/aromatic N) is 3. The van der Waals surface area contributed by atoms with Crippen LogP contribution in [0, 0.1) is 5.82 Å². The summed E-state index contributed by atoms with van der Waals surface area (Å²) in [7, 11) is 3.58. The summed E-state index contributed by atoms with van der Waals surface area (Å²) in [5.41, 5.74) is 6.54. The Morgan fingerprint density at radius 3 is 2.80 bits per heavy atom. The molecule has 1 aromatic heterocycles. The van der Waals surface area contributed by atoms with E-state index in [1.165, 1.54) is 6.07 Å². The van der Waals surface area contributed by atoms with Gasteiger partial charge in [-0.25, -0.2) is 4.39 Å². The molecule has 1 amide bonds. The molecule has 0 aliphatic rings. The topological polar surface area (TPSA) is 64.2 Å². The van der Waals surface area contributed by atoms with Gasteiger partial charge in [0.1, 0.15) is 5.82 Å². The number of aromatic nitrogens is 2. The molecule has 20 heavy (non-hydrogen) atoms. The first kappa shape index (κ1) is 14.5. The van der Waals surface area contributed by atoms with E-state index in [0.717, 1.165) is 5.56 Å². The van der Waals surface area contributed by atoms with Crippen molar-refractivity contribution in [2.75, 3.05) is 11.9 Å². The lowest BCUT2D eigenvalue weighted by atomic mass is 10.1. The highest BCUT2D eigenvalue weighted by Gasteiger charge is 2.18. The average molecular weight is 341 g/mol. The molecular weight excluding hydrogens is 327 g/mol. The lowest BCUT2D eigenvalue weighted by molar-refractivity contribution is 0.0997. The lowest BCUT2D eigenvalue weighted by Gasteiger charge is -2.21. The van der Waals surface area contributed by atoms with E-state index in [2.05, 4.69) is 21.0 Å². The first-order valence-corrected chi connectivity index (χ1v) is 6.65. The predicted octanol–water partition coefficient (Wildman–Crippen LogP) is 2.06. The maximum atomic E-state index is 13.9. The van der Waals surface area contributed by atoms with Crippen LogP contribution in [0.25, 0.3) is 0 Å². The van der Waals surface area contributed by atoms with Gasteiger partial charge in [0.25, 0.3) is 5.91 Å². The number of carbonyl (C=O) groups is 1. The Kier molecular flexibility index (Phi) is 4.08. The minimum atomic E-state index is -0.789. The Bertz CT molecular complexity index is 656. The van der Waals surface area contributed by atoms with Gasteiger partial charge in [-0.15, -0.1) is 0 Å². The Labute approximate surface area is 124 Å². The van der Waals surface area contributed by atoms with E-state index in [0.29, 0.717) is 16.7 Å². The average Bonchev–Trinajstić information content (AvgIpc) is 2.72. The van der Waals surface area contributed by atoms with Crippen LogP contribution in [0.4, 0.5) is 10.1 Å². The van der Waals surface area contributed by atoms with Crippen LogP contribution in [0.1, 0.15) is 15.9 Å². The molecular formula is C13H14BrFN4O. The van der Waals surface area contributed by atoms with Crippen LogP contribution in [-0.2, 0) is 13.6 Å². The van der Waals surface area contributed by atoms with Gasteiger partial charge in [-0.1, -0.05) is 15.9 Å². The van der Waals surface area contributed by atoms with Crippen LogP contribution in [0.3, 0.4) is 0 Å². The molecule has 1 aromatic carbocycles. The number of hydrogen-bond donors (Lipinski definition) is 1. The van der Waals surface area contributed by atoms with Crippen molar-refractivity contribution >= 4 is 27.5 Å². The zero-order valence-electron chi connectivity index (χ0n) is 11.1. The van der Waals surface area contributed by atoms with Gasteiger partial charge in [-0.05, 0) is 12.1 Å². The third kappa shape index (κ3) is 2.98. The molecule has 0 aliphatic heterocycles. The van der Waals surface area contributed by atoms with Crippen molar-refractivity contribution in [1.82, 2.24) is 9.78 Å². The maximum absolute atomic E-state index is 13.9. The van der Waals surface area contributed by atoms with E-state index < -0.39 is 11.7 Å². The molecule has 2 rings (SSSR count). The van der Waals surface area contributed by atoms with E-state index in [-0.39, 0.29) is 5.56 Å². The Balaban J connectivity index is 2.38. The predicted molar refractivity (Wildman–Crippen MR) is 77.9 cm³/mol. The van der Waals surface area contributed by atoms with Crippen molar-refractivity contribution < 1.29 is 9.18 Å². The van der Waals surface area contributed by atoms with E-state index in [1.807, 2.05) is 13.2 Å². The molecule has 0 atom stereocenters. The number of nitrogens with two attached hydrogens (primary N) is 1. The van der Waals surface area contributed by atoms with Crippen LogP contribution in [-0.4, -0.2) is 22.7 Å². The molecule has 0 bridgehead atoms. The standard InChI is InChI=1S/C13H14BrFN4O/c1-18(6-8-5-17-19(2)7-8)11-4-9(14)3-10(15)12(11)13(16)20/h3-5,7H,6H2,1-2H3,(H2,16,20). The number of amides is 1. The Morgan fingerprint density at radius 2 is 2.25 bits per heavy atom. The number of aryl methyl sites for hydroxylation is 1. The fourth-order valence-corrected chi connectivity index (χ4v) is 2.44. The van der Waals surface area contributed by atoms with E-state index in [9.17, 15) is 9.18 Å². The summed E-state index contributed by atoms with van der Waals surface area (Å²) in [6.07, 6.45) is 3.57. The Hall–Kier alpha value is -1.89. The quantitative estimate of drug-likeness (QED) is 0.926. The fraction of sp³-hybridized carbons (Fsp3) is 0.231. The third-order valence-electron chi connectivity index (χ3n) is 2.87. The maximum Gasteiger partial charge on any atom is 0.253 e. The number of hydrogen-bond acceptors (Lipinski definition) is 3. The first-order chi connectivity index (χ1) is 9.38. The molecule has 5 nitrogen and oxygen atoms in total. The lowest BCUT2D eigenvalue weighted by Crippen LogP contribution is -2.23. The highest BCUT2D eigenvalue weighted by atomic mass is 79.9. The number of carbonyl (C=O) groups excluding carboxylic acids is 1. The van der Waals surface area contributed by atoms with E-state index in [4.69, 9.17) is 5.73 Å². The van der Waals surface area contributed by atoms with Crippen molar-refractivity contribution in [2.24, 2.45) is 12.8 Å². The van der Waals surface area contributed by atoms with Crippen LogP contribution in [0.5, 0.6) is 0 Å². The van der Waals surface area contributed by atoms with Crippen molar-refractivity contribution in [3.63, 3.8) is 0 Å². The molecule has 0 unspecified atom stereocenters.